The van der Waals surface area contributed by atoms with Gasteiger partial charge in [0.1, 0.15) is 6.42 Å². The fraction of sp³-hybridized carbons (Fsp3) is 0.750. The maximum absolute atomic E-state index is 11.3. The average Bonchev–Trinajstić information content (AvgIpc) is 2.30. The summed E-state index contributed by atoms with van der Waals surface area (Å²) in [6.07, 6.45) is 0.719. The number of hydrogen-bond acceptors (Lipinski definition) is 3. The lowest BCUT2D eigenvalue weighted by Gasteiger charge is -2.17. The third kappa shape index (κ3) is 3.15. The molecule has 1 aliphatic rings. The van der Waals surface area contributed by atoms with E-state index in [1.807, 2.05) is 6.07 Å². The largest absolute Gasteiger partial charge is 0.341 e. The highest BCUT2D eigenvalue weighted by Crippen LogP contribution is 2.03. The first-order valence-corrected chi connectivity index (χ1v) is 5.72. The van der Waals surface area contributed by atoms with Gasteiger partial charge in [-0.25, -0.2) is 0 Å². The van der Waals surface area contributed by atoms with Gasteiger partial charge >= 0.3 is 0 Å². The summed E-state index contributed by atoms with van der Waals surface area (Å²) in [7, 11) is -0.776. The molecule has 1 aliphatic heterocycles. The number of rotatable bonds is 1. The summed E-state index contributed by atoms with van der Waals surface area (Å²) in [5.74, 6) is 1.09. The molecule has 1 heterocycles. The number of nitrogens with zero attached hydrogens (tertiary/aromatic N) is 2. The smallest absolute Gasteiger partial charge is 0.236 e. The molecular weight excluding hydrogens is 188 g/mol. The average molecular weight is 200 g/mol. The van der Waals surface area contributed by atoms with Crippen molar-refractivity contribution in [1.82, 2.24) is 4.90 Å². The van der Waals surface area contributed by atoms with E-state index < -0.39 is 10.8 Å². The Kier molecular flexibility index (Phi) is 3.90. The molecule has 4 nitrogen and oxygen atoms in total. The van der Waals surface area contributed by atoms with Crippen LogP contribution in [-0.4, -0.2) is 39.6 Å². The Bertz CT molecular complexity index is 259. The fourth-order valence-corrected chi connectivity index (χ4v) is 2.35. The predicted octanol–water partition coefficient (Wildman–Crippen LogP) is -0.119. The molecular formula is C8H12N2O2S. The minimum absolute atomic E-state index is 0.0629. The van der Waals surface area contributed by atoms with Gasteiger partial charge < -0.3 is 4.90 Å². The van der Waals surface area contributed by atoms with Crippen LogP contribution in [-0.2, 0) is 15.6 Å². The molecule has 0 aromatic rings. The second-order valence-electron chi connectivity index (χ2n) is 2.92. The van der Waals surface area contributed by atoms with Crippen molar-refractivity contribution < 1.29 is 9.00 Å². The second kappa shape index (κ2) is 4.97. The van der Waals surface area contributed by atoms with Gasteiger partial charge in [0, 0.05) is 35.4 Å². The summed E-state index contributed by atoms with van der Waals surface area (Å²) in [5.41, 5.74) is 0. The van der Waals surface area contributed by atoms with Crippen LogP contribution in [0, 0.1) is 11.3 Å². The molecule has 0 bridgehead atoms. The van der Waals surface area contributed by atoms with Crippen molar-refractivity contribution >= 4 is 16.7 Å². The molecule has 1 atom stereocenters. The van der Waals surface area contributed by atoms with Crippen molar-refractivity contribution in [1.29, 1.82) is 5.26 Å². The molecule has 0 aromatic carbocycles. The summed E-state index contributed by atoms with van der Waals surface area (Å²) >= 11 is 0. The highest BCUT2D eigenvalue weighted by Gasteiger charge is 2.17. The van der Waals surface area contributed by atoms with Crippen LogP contribution >= 0.6 is 0 Å². The molecule has 72 valence electrons. The SMILES string of the molecule is N#CCC(=O)N1CCCS(=O)CC1. The van der Waals surface area contributed by atoms with Crippen LogP contribution in [0.1, 0.15) is 12.8 Å². The van der Waals surface area contributed by atoms with Crippen LogP contribution in [0.5, 0.6) is 0 Å². The van der Waals surface area contributed by atoms with Gasteiger partial charge in [0.05, 0.1) is 6.07 Å². The van der Waals surface area contributed by atoms with Crippen LogP contribution in [0.2, 0.25) is 0 Å². The minimum Gasteiger partial charge on any atom is -0.341 e. The van der Waals surface area contributed by atoms with Crippen LogP contribution in [0.25, 0.3) is 0 Å². The van der Waals surface area contributed by atoms with Gasteiger partial charge in [-0.15, -0.1) is 0 Å². The third-order valence-corrected chi connectivity index (χ3v) is 3.35. The number of carbonyl (C=O) groups is 1. The van der Waals surface area contributed by atoms with E-state index in [0.717, 1.165) is 6.42 Å². The lowest BCUT2D eigenvalue weighted by atomic mass is 10.3. The quantitative estimate of drug-likeness (QED) is 0.593. The van der Waals surface area contributed by atoms with E-state index in [9.17, 15) is 9.00 Å². The first-order chi connectivity index (χ1) is 6.24. The Labute approximate surface area is 80.0 Å². The maximum Gasteiger partial charge on any atom is 0.236 e. The Balaban J connectivity index is 2.47. The van der Waals surface area contributed by atoms with E-state index in [4.69, 9.17) is 5.26 Å². The highest BCUT2D eigenvalue weighted by atomic mass is 32.2. The van der Waals surface area contributed by atoms with E-state index in [2.05, 4.69) is 0 Å². The van der Waals surface area contributed by atoms with Gasteiger partial charge in [-0.05, 0) is 6.42 Å². The van der Waals surface area contributed by atoms with Gasteiger partial charge in [0.2, 0.25) is 5.91 Å². The molecule has 0 N–H and O–H groups in total. The molecule has 1 rings (SSSR count). The normalized spacial score (nSPS) is 23.3. The summed E-state index contributed by atoms with van der Waals surface area (Å²) in [5, 5.41) is 8.33. The van der Waals surface area contributed by atoms with E-state index in [-0.39, 0.29) is 12.3 Å². The lowest BCUT2D eigenvalue weighted by molar-refractivity contribution is -0.129. The van der Waals surface area contributed by atoms with Gasteiger partial charge in [-0.3, -0.25) is 9.00 Å². The molecule has 5 heteroatoms. The first-order valence-electron chi connectivity index (χ1n) is 4.23. The first kappa shape index (κ1) is 10.2. The highest BCUT2D eigenvalue weighted by molar-refractivity contribution is 7.85. The standard InChI is InChI=1S/C8H12N2O2S/c9-3-2-8(11)10-4-1-6-13(12)7-5-10/h1-2,4-7H2. The minimum atomic E-state index is -0.776. The van der Waals surface area contributed by atoms with E-state index in [0.29, 0.717) is 24.6 Å². The molecule has 0 saturated carbocycles. The Morgan fingerprint density at radius 3 is 2.92 bits per heavy atom. The summed E-state index contributed by atoms with van der Waals surface area (Å²) in [6, 6.07) is 1.83. The third-order valence-electron chi connectivity index (χ3n) is 1.97. The molecule has 0 aliphatic carbocycles. The molecule has 13 heavy (non-hydrogen) atoms. The topological polar surface area (TPSA) is 61.2 Å². The zero-order valence-electron chi connectivity index (χ0n) is 7.36. The van der Waals surface area contributed by atoms with Gasteiger partial charge in [-0.1, -0.05) is 0 Å². The molecule has 0 spiro atoms. The maximum atomic E-state index is 11.3. The second-order valence-corrected chi connectivity index (χ2v) is 4.61. The Hall–Kier alpha value is -0.890. The van der Waals surface area contributed by atoms with Gasteiger partial charge in [-0.2, -0.15) is 5.26 Å². The Morgan fingerprint density at radius 2 is 2.23 bits per heavy atom. The molecule has 1 saturated heterocycles. The van der Waals surface area contributed by atoms with E-state index >= 15 is 0 Å². The van der Waals surface area contributed by atoms with Crippen molar-refractivity contribution in [3.63, 3.8) is 0 Å². The van der Waals surface area contributed by atoms with Crippen molar-refractivity contribution in [3.05, 3.63) is 0 Å². The number of amides is 1. The molecule has 1 unspecified atom stereocenters. The van der Waals surface area contributed by atoms with E-state index in [1.165, 1.54) is 0 Å². The van der Waals surface area contributed by atoms with Crippen LogP contribution in [0.3, 0.4) is 0 Å². The molecule has 0 radical (unpaired) electrons. The summed E-state index contributed by atoms with van der Waals surface area (Å²) < 4.78 is 11.1. The van der Waals surface area contributed by atoms with E-state index in [1.54, 1.807) is 4.90 Å². The molecule has 0 aromatic heterocycles. The van der Waals surface area contributed by atoms with Crippen molar-refractivity contribution in [2.45, 2.75) is 12.8 Å². The van der Waals surface area contributed by atoms with Crippen molar-refractivity contribution in [2.24, 2.45) is 0 Å². The van der Waals surface area contributed by atoms with Crippen molar-refractivity contribution in [2.75, 3.05) is 24.6 Å². The molecule has 1 amide bonds. The lowest BCUT2D eigenvalue weighted by Crippen LogP contribution is -2.32. The van der Waals surface area contributed by atoms with Crippen molar-refractivity contribution in [3.8, 4) is 6.07 Å². The van der Waals surface area contributed by atoms with Crippen LogP contribution < -0.4 is 0 Å². The summed E-state index contributed by atoms with van der Waals surface area (Å²) in [4.78, 5) is 12.9. The summed E-state index contributed by atoms with van der Waals surface area (Å²) in [6.45, 7) is 1.18. The fourth-order valence-electron chi connectivity index (χ4n) is 1.27. The predicted molar refractivity (Wildman–Crippen MR) is 49.3 cm³/mol. The van der Waals surface area contributed by atoms with Crippen LogP contribution in [0.4, 0.5) is 0 Å². The van der Waals surface area contributed by atoms with Gasteiger partial charge in [0.25, 0.3) is 0 Å². The zero-order valence-corrected chi connectivity index (χ0v) is 8.18. The zero-order chi connectivity index (χ0) is 9.68. The Morgan fingerprint density at radius 1 is 1.46 bits per heavy atom. The van der Waals surface area contributed by atoms with Gasteiger partial charge in [0.15, 0.2) is 0 Å². The number of hydrogen-bond donors (Lipinski definition) is 0. The number of carbonyl (C=O) groups excluding carboxylic acids is 1. The van der Waals surface area contributed by atoms with Crippen LogP contribution in [0.15, 0.2) is 0 Å². The monoisotopic (exact) mass is 200 g/mol. The number of nitriles is 1. The molecule has 1 fully saturated rings.